The maximum absolute atomic E-state index is 12.1. The number of carbonyl (C=O) groups excluding carboxylic acids is 1. The Bertz CT molecular complexity index is 501. The molecule has 0 radical (unpaired) electrons. The van der Waals surface area contributed by atoms with Crippen molar-refractivity contribution >= 4 is 29.0 Å². The smallest absolute Gasteiger partial charge is 0.270 e. The number of rotatable bonds is 3. The van der Waals surface area contributed by atoms with Crippen molar-refractivity contribution in [3.63, 3.8) is 0 Å². The molecular weight excluding hydrogens is 266 g/mol. The third-order valence-electron chi connectivity index (χ3n) is 2.99. The minimum atomic E-state index is -0.535. The second kappa shape index (κ2) is 5.92. The molecule has 0 spiro atoms. The van der Waals surface area contributed by atoms with Gasteiger partial charge in [-0.3, -0.25) is 14.9 Å². The predicted molar refractivity (Wildman–Crippen MR) is 75.3 cm³/mol. The average molecular weight is 281 g/mol. The van der Waals surface area contributed by atoms with Crippen LogP contribution in [0.1, 0.15) is 23.2 Å². The molecule has 3 N–H and O–H groups in total. The lowest BCUT2D eigenvalue weighted by molar-refractivity contribution is -0.384. The van der Waals surface area contributed by atoms with Gasteiger partial charge in [0, 0.05) is 29.6 Å². The van der Waals surface area contributed by atoms with Gasteiger partial charge in [0.1, 0.15) is 0 Å². The monoisotopic (exact) mass is 281 g/mol. The molecule has 1 amide bonds. The van der Waals surface area contributed by atoms with Gasteiger partial charge in [-0.1, -0.05) is 0 Å². The van der Waals surface area contributed by atoms with Crippen molar-refractivity contribution in [3.8, 4) is 0 Å². The highest BCUT2D eigenvalue weighted by Gasteiger charge is 2.20. The topological polar surface area (TPSA) is 98.3 Å². The Kier molecular flexibility index (Phi) is 4.26. The van der Waals surface area contributed by atoms with E-state index in [2.05, 4.69) is 5.32 Å². The SMILES string of the molecule is Nc1ccc([N+](=O)[O-])cc1C(=O)NC1CCCSC1. The normalized spacial score (nSPS) is 18.8. The Morgan fingerprint density at radius 2 is 2.32 bits per heavy atom. The molecule has 1 heterocycles. The molecule has 1 unspecified atom stereocenters. The van der Waals surface area contributed by atoms with Crippen LogP contribution >= 0.6 is 11.8 Å². The second-order valence-corrected chi connectivity index (χ2v) is 5.57. The number of nitrogens with one attached hydrogen (secondary N) is 1. The van der Waals surface area contributed by atoms with Gasteiger partial charge in [0.2, 0.25) is 0 Å². The zero-order chi connectivity index (χ0) is 13.8. The molecule has 2 rings (SSSR count). The summed E-state index contributed by atoms with van der Waals surface area (Å²) in [7, 11) is 0. The minimum Gasteiger partial charge on any atom is -0.398 e. The second-order valence-electron chi connectivity index (χ2n) is 4.42. The predicted octanol–water partition coefficient (Wildman–Crippen LogP) is 1.80. The summed E-state index contributed by atoms with van der Waals surface area (Å²) < 4.78 is 0. The van der Waals surface area contributed by atoms with Crippen molar-refractivity contribution in [2.45, 2.75) is 18.9 Å². The molecule has 19 heavy (non-hydrogen) atoms. The molecule has 102 valence electrons. The number of carbonyl (C=O) groups is 1. The molecule has 1 fully saturated rings. The van der Waals surface area contributed by atoms with Crippen molar-refractivity contribution in [1.82, 2.24) is 5.32 Å². The highest BCUT2D eigenvalue weighted by molar-refractivity contribution is 7.99. The van der Waals surface area contributed by atoms with Crippen LogP contribution in [0.25, 0.3) is 0 Å². The minimum absolute atomic E-state index is 0.116. The highest BCUT2D eigenvalue weighted by Crippen LogP contribution is 2.21. The molecule has 1 atom stereocenters. The van der Waals surface area contributed by atoms with Gasteiger partial charge in [0.05, 0.1) is 10.5 Å². The summed E-state index contributed by atoms with van der Waals surface area (Å²) in [5.41, 5.74) is 6.01. The first-order valence-electron chi connectivity index (χ1n) is 6.00. The first kappa shape index (κ1) is 13.7. The summed E-state index contributed by atoms with van der Waals surface area (Å²) in [6, 6.07) is 4.02. The van der Waals surface area contributed by atoms with Crippen molar-refractivity contribution in [2.75, 3.05) is 17.2 Å². The van der Waals surface area contributed by atoms with E-state index in [1.165, 1.54) is 18.2 Å². The third-order valence-corrected chi connectivity index (χ3v) is 4.20. The quantitative estimate of drug-likeness (QED) is 0.500. The zero-order valence-corrected chi connectivity index (χ0v) is 11.1. The Morgan fingerprint density at radius 1 is 1.53 bits per heavy atom. The highest BCUT2D eigenvalue weighted by atomic mass is 32.2. The van der Waals surface area contributed by atoms with Crippen LogP contribution in [0.3, 0.4) is 0 Å². The van der Waals surface area contributed by atoms with Gasteiger partial charge in [-0.2, -0.15) is 11.8 Å². The van der Waals surface area contributed by atoms with Crippen LogP contribution in [0.15, 0.2) is 18.2 Å². The molecule has 0 saturated carbocycles. The van der Waals surface area contributed by atoms with E-state index in [1.807, 2.05) is 0 Å². The molecule has 1 aliphatic heterocycles. The number of nitro benzene ring substituents is 1. The van der Waals surface area contributed by atoms with Crippen molar-refractivity contribution < 1.29 is 9.72 Å². The Balaban J connectivity index is 2.13. The molecule has 1 aromatic carbocycles. The van der Waals surface area contributed by atoms with Crippen LogP contribution in [0.5, 0.6) is 0 Å². The van der Waals surface area contributed by atoms with Gasteiger partial charge < -0.3 is 11.1 Å². The van der Waals surface area contributed by atoms with E-state index in [1.54, 1.807) is 11.8 Å². The van der Waals surface area contributed by atoms with E-state index in [0.717, 1.165) is 24.3 Å². The fourth-order valence-corrected chi connectivity index (χ4v) is 3.04. The first-order valence-corrected chi connectivity index (χ1v) is 7.16. The molecule has 7 heteroatoms. The third kappa shape index (κ3) is 3.37. The van der Waals surface area contributed by atoms with Gasteiger partial charge in [-0.05, 0) is 24.7 Å². The Labute approximate surface area is 114 Å². The first-order chi connectivity index (χ1) is 9.08. The number of hydrogen-bond donors (Lipinski definition) is 2. The van der Waals surface area contributed by atoms with Gasteiger partial charge >= 0.3 is 0 Å². The number of nitrogen functional groups attached to an aromatic ring is 1. The zero-order valence-electron chi connectivity index (χ0n) is 10.3. The Morgan fingerprint density at radius 3 is 2.95 bits per heavy atom. The molecule has 0 aromatic heterocycles. The summed E-state index contributed by atoms with van der Waals surface area (Å²) in [6.07, 6.45) is 2.01. The number of anilines is 1. The molecule has 0 bridgehead atoms. The lowest BCUT2D eigenvalue weighted by Gasteiger charge is -2.22. The summed E-state index contributed by atoms with van der Waals surface area (Å²) in [6.45, 7) is 0. The van der Waals surface area contributed by atoms with Crippen LogP contribution < -0.4 is 11.1 Å². The standard InChI is InChI=1S/C12H15N3O3S/c13-11-4-3-9(15(17)18)6-10(11)12(16)14-8-2-1-5-19-7-8/h3-4,6,8H,1-2,5,7,13H2,(H,14,16). The lowest BCUT2D eigenvalue weighted by atomic mass is 10.1. The summed E-state index contributed by atoms with van der Waals surface area (Å²) in [5, 5.41) is 13.6. The summed E-state index contributed by atoms with van der Waals surface area (Å²) >= 11 is 1.80. The largest absolute Gasteiger partial charge is 0.398 e. The lowest BCUT2D eigenvalue weighted by Crippen LogP contribution is -2.38. The van der Waals surface area contributed by atoms with Crippen molar-refractivity contribution in [3.05, 3.63) is 33.9 Å². The van der Waals surface area contributed by atoms with Crippen molar-refractivity contribution in [1.29, 1.82) is 0 Å². The number of amides is 1. The average Bonchev–Trinajstić information content (AvgIpc) is 2.40. The van der Waals surface area contributed by atoms with Gasteiger partial charge in [-0.15, -0.1) is 0 Å². The number of thioether (sulfide) groups is 1. The number of non-ortho nitro benzene ring substituents is 1. The van der Waals surface area contributed by atoms with E-state index in [-0.39, 0.29) is 28.9 Å². The summed E-state index contributed by atoms with van der Waals surface area (Å²) in [5.74, 6) is 1.65. The molecule has 1 aliphatic rings. The van der Waals surface area contributed by atoms with E-state index in [0.29, 0.717) is 0 Å². The fourth-order valence-electron chi connectivity index (χ4n) is 1.97. The van der Waals surface area contributed by atoms with E-state index < -0.39 is 4.92 Å². The molecule has 0 aliphatic carbocycles. The van der Waals surface area contributed by atoms with Crippen LogP contribution in [-0.4, -0.2) is 28.4 Å². The number of hydrogen-bond acceptors (Lipinski definition) is 5. The molecular formula is C12H15N3O3S. The van der Waals surface area contributed by atoms with Crippen molar-refractivity contribution in [2.24, 2.45) is 0 Å². The molecule has 1 aromatic rings. The van der Waals surface area contributed by atoms with E-state index >= 15 is 0 Å². The fraction of sp³-hybridized carbons (Fsp3) is 0.417. The van der Waals surface area contributed by atoms with Gasteiger partial charge in [-0.25, -0.2) is 0 Å². The number of nitro groups is 1. The van der Waals surface area contributed by atoms with Gasteiger partial charge in [0.15, 0.2) is 0 Å². The number of nitrogens with zero attached hydrogens (tertiary/aromatic N) is 1. The van der Waals surface area contributed by atoms with Crippen LogP contribution in [0.2, 0.25) is 0 Å². The molecule has 1 saturated heterocycles. The van der Waals surface area contributed by atoms with E-state index in [9.17, 15) is 14.9 Å². The maximum Gasteiger partial charge on any atom is 0.270 e. The molecule has 6 nitrogen and oxygen atoms in total. The van der Waals surface area contributed by atoms with Crippen LogP contribution in [0, 0.1) is 10.1 Å². The number of nitrogens with two attached hydrogens (primary N) is 1. The summed E-state index contributed by atoms with van der Waals surface area (Å²) in [4.78, 5) is 22.3. The maximum atomic E-state index is 12.1. The Hall–Kier alpha value is -1.76. The number of benzene rings is 1. The van der Waals surface area contributed by atoms with Gasteiger partial charge in [0.25, 0.3) is 11.6 Å². The van der Waals surface area contributed by atoms with E-state index in [4.69, 9.17) is 5.73 Å². The van der Waals surface area contributed by atoms with Crippen LogP contribution in [-0.2, 0) is 0 Å². The van der Waals surface area contributed by atoms with Crippen LogP contribution in [0.4, 0.5) is 11.4 Å².